The summed E-state index contributed by atoms with van der Waals surface area (Å²) in [6.07, 6.45) is 3.80. The zero-order chi connectivity index (χ0) is 14.1. The molecule has 0 radical (unpaired) electrons. The number of rotatable bonds is 3. The molecule has 20 heavy (non-hydrogen) atoms. The van der Waals surface area contributed by atoms with Gasteiger partial charge in [0, 0.05) is 25.6 Å². The minimum atomic E-state index is 0.0899. The number of aromatic nitrogens is 2. The second-order valence-electron chi connectivity index (χ2n) is 5.47. The number of carbonyl (C=O) groups excluding carboxylic acids is 1. The van der Waals surface area contributed by atoms with Crippen molar-refractivity contribution in [2.75, 3.05) is 18.0 Å². The van der Waals surface area contributed by atoms with E-state index in [-0.39, 0.29) is 17.9 Å². The predicted molar refractivity (Wildman–Crippen MR) is 77.9 cm³/mol. The number of nitrogens with zero attached hydrogens (tertiary/aromatic N) is 3. The van der Waals surface area contributed by atoms with Crippen molar-refractivity contribution in [2.24, 2.45) is 5.92 Å². The standard InChI is InChI=1S/C14H19ClN4O/c1-2-4-12-17-11(15)7-13(18-12)19-6-3-5-9-10(19)8-16-14(9)20/h7,9-10H,2-6,8H2,1H3,(H,16,20). The van der Waals surface area contributed by atoms with Crippen molar-refractivity contribution < 1.29 is 4.79 Å². The van der Waals surface area contributed by atoms with Crippen LogP contribution in [0.1, 0.15) is 32.0 Å². The van der Waals surface area contributed by atoms with Gasteiger partial charge in [-0.15, -0.1) is 0 Å². The molecule has 2 unspecified atom stereocenters. The first-order valence-corrected chi connectivity index (χ1v) is 7.64. The molecule has 1 amide bonds. The lowest BCUT2D eigenvalue weighted by Gasteiger charge is -2.36. The highest BCUT2D eigenvalue weighted by Gasteiger charge is 2.41. The van der Waals surface area contributed by atoms with Gasteiger partial charge in [0.25, 0.3) is 0 Å². The molecule has 3 rings (SSSR count). The minimum absolute atomic E-state index is 0.0899. The van der Waals surface area contributed by atoms with Crippen LogP contribution in [0.3, 0.4) is 0 Å². The molecular formula is C14H19ClN4O. The number of amides is 1. The molecule has 1 N–H and O–H groups in total. The van der Waals surface area contributed by atoms with Crippen molar-refractivity contribution in [2.45, 2.75) is 38.6 Å². The van der Waals surface area contributed by atoms with E-state index in [2.05, 4.69) is 27.1 Å². The number of aryl methyl sites for hydroxylation is 1. The molecule has 2 atom stereocenters. The Balaban J connectivity index is 1.89. The van der Waals surface area contributed by atoms with Crippen molar-refractivity contribution in [1.29, 1.82) is 0 Å². The number of hydrogen-bond donors (Lipinski definition) is 1. The molecule has 1 aromatic rings. The van der Waals surface area contributed by atoms with Crippen LogP contribution >= 0.6 is 11.6 Å². The van der Waals surface area contributed by atoms with Crippen LogP contribution < -0.4 is 10.2 Å². The highest BCUT2D eigenvalue weighted by atomic mass is 35.5. The van der Waals surface area contributed by atoms with Gasteiger partial charge in [0.1, 0.15) is 16.8 Å². The van der Waals surface area contributed by atoms with Crippen molar-refractivity contribution in [1.82, 2.24) is 15.3 Å². The zero-order valence-corrected chi connectivity index (χ0v) is 12.4. The zero-order valence-electron chi connectivity index (χ0n) is 11.6. The maximum atomic E-state index is 11.8. The first-order valence-electron chi connectivity index (χ1n) is 7.27. The number of anilines is 1. The molecule has 0 aliphatic carbocycles. The van der Waals surface area contributed by atoms with Gasteiger partial charge in [0.15, 0.2) is 0 Å². The van der Waals surface area contributed by atoms with Crippen molar-refractivity contribution in [3.8, 4) is 0 Å². The van der Waals surface area contributed by atoms with E-state index < -0.39 is 0 Å². The molecule has 108 valence electrons. The fourth-order valence-electron chi connectivity index (χ4n) is 3.17. The fourth-order valence-corrected chi connectivity index (χ4v) is 3.37. The summed E-state index contributed by atoms with van der Waals surface area (Å²) in [6.45, 7) is 3.73. The Morgan fingerprint density at radius 1 is 1.50 bits per heavy atom. The number of hydrogen-bond acceptors (Lipinski definition) is 4. The molecule has 3 heterocycles. The first kappa shape index (κ1) is 13.6. The lowest BCUT2D eigenvalue weighted by atomic mass is 9.91. The topological polar surface area (TPSA) is 58.1 Å². The molecule has 1 aromatic heterocycles. The fraction of sp³-hybridized carbons (Fsp3) is 0.643. The van der Waals surface area contributed by atoms with E-state index in [1.54, 1.807) is 0 Å². The van der Waals surface area contributed by atoms with E-state index in [0.717, 1.165) is 43.9 Å². The smallest absolute Gasteiger partial charge is 0.225 e. The number of carbonyl (C=O) groups is 1. The van der Waals surface area contributed by atoms with Crippen LogP contribution in [0.5, 0.6) is 0 Å². The van der Waals surface area contributed by atoms with Crippen LogP contribution in [-0.2, 0) is 11.2 Å². The molecule has 0 aromatic carbocycles. The Kier molecular flexibility index (Phi) is 3.78. The molecule has 6 heteroatoms. The van der Waals surface area contributed by atoms with Crippen LogP contribution in [0.25, 0.3) is 0 Å². The average Bonchev–Trinajstić information content (AvgIpc) is 2.80. The van der Waals surface area contributed by atoms with E-state index in [9.17, 15) is 4.79 Å². The van der Waals surface area contributed by atoms with Gasteiger partial charge in [0.05, 0.1) is 12.0 Å². The summed E-state index contributed by atoms with van der Waals surface area (Å²) in [7, 11) is 0. The van der Waals surface area contributed by atoms with Gasteiger partial charge < -0.3 is 10.2 Å². The maximum Gasteiger partial charge on any atom is 0.225 e. The number of fused-ring (bicyclic) bond motifs is 1. The summed E-state index contributed by atoms with van der Waals surface area (Å²) in [5.41, 5.74) is 0. The highest BCUT2D eigenvalue weighted by Crippen LogP contribution is 2.31. The number of halogens is 1. The lowest BCUT2D eigenvalue weighted by molar-refractivity contribution is -0.122. The Labute approximate surface area is 123 Å². The van der Waals surface area contributed by atoms with Crippen molar-refractivity contribution in [3.05, 3.63) is 17.0 Å². The Morgan fingerprint density at radius 3 is 3.15 bits per heavy atom. The van der Waals surface area contributed by atoms with Gasteiger partial charge in [-0.3, -0.25) is 4.79 Å². The average molecular weight is 295 g/mol. The second-order valence-corrected chi connectivity index (χ2v) is 5.86. The van der Waals surface area contributed by atoms with E-state index in [1.165, 1.54) is 0 Å². The molecule has 2 saturated heterocycles. The van der Waals surface area contributed by atoms with Crippen LogP contribution in [0.2, 0.25) is 5.15 Å². The summed E-state index contributed by atoms with van der Waals surface area (Å²) in [6, 6.07) is 2.02. The van der Waals surface area contributed by atoms with Gasteiger partial charge in [-0.1, -0.05) is 18.5 Å². The number of piperidine rings is 1. The van der Waals surface area contributed by atoms with E-state index >= 15 is 0 Å². The van der Waals surface area contributed by atoms with Gasteiger partial charge in [-0.25, -0.2) is 9.97 Å². The second kappa shape index (κ2) is 5.56. The Bertz CT molecular complexity index is 522. The maximum absolute atomic E-state index is 11.8. The van der Waals surface area contributed by atoms with E-state index in [1.807, 2.05) is 6.07 Å². The van der Waals surface area contributed by atoms with Crippen LogP contribution in [0.15, 0.2) is 6.07 Å². The van der Waals surface area contributed by atoms with Crippen molar-refractivity contribution in [3.63, 3.8) is 0 Å². The molecule has 0 spiro atoms. The Morgan fingerprint density at radius 2 is 2.35 bits per heavy atom. The van der Waals surface area contributed by atoms with Crippen LogP contribution in [0, 0.1) is 5.92 Å². The molecule has 0 saturated carbocycles. The van der Waals surface area contributed by atoms with Gasteiger partial charge in [-0.05, 0) is 19.3 Å². The first-order chi connectivity index (χ1) is 9.69. The largest absolute Gasteiger partial charge is 0.354 e. The molecule has 5 nitrogen and oxygen atoms in total. The number of nitrogens with one attached hydrogen (secondary N) is 1. The predicted octanol–water partition coefficient (Wildman–Crippen LogP) is 1.80. The van der Waals surface area contributed by atoms with E-state index in [0.29, 0.717) is 11.7 Å². The molecule has 2 aliphatic rings. The van der Waals surface area contributed by atoms with Gasteiger partial charge >= 0.3 is 0 Å². The quantitative estimate of drug-likeness (QED) is 0.864. The highest BCUT2D eigenvalue weighted by molar-refractivity contribution is 6.29. The van der Waals surface area contributed by atoms with E-state index in [4.69, 9.17) is 11.6 Å². The molecule has 2 aliphatic heterocycles. The lowest BCUT2D eigenvalue weighted by Crippen LogP contribution is -2.46. The third-order valence-corrected chi connectivity index (χ3v) is 4.29. The third-order valence-electron chi connectivity index (χ3n) is 4.10. The summed E-state index contributed by atoms with van der Waals surface area (Å²) >= 11 is 6.12. The third kappa shape index (κ3) is 2.46. The normalized spacial score (nSPS) is 25.5. The van der Waals surface area contributed by atoms with Crippen molar-refractivity contribution >= 4 is 23.3 Å². The molecule has 0 bridgehead atoms. The van der Waals surface area contributed by atoms with Gasteiger partial charge in [0.2, 0.25) is 5.91 Å². The SMILES string of the molecule is CCCc1nc(Cl)cc(N2CCCC3C(=O)NCC32)n1. The summed E-state index contributed by atoms with van der Waals surface area (Å²) in [5, 5.41) is 3.44. The summed E-state index contributed by atoms with van der Waals surface area (Å²) in [4.78, 5) is 22.9. The Hall–Kier alpha value is -1.36. The molecule has 2 fully saturated rings. The molecular weight excluding hydrogens is 276 g/mol. The van der Waals surface area contributed by atoms with Gasteiger partial charge in [-0.2, -0.15) is 0 Å². The summed E-state index contributed by atoms with van der Waals surface area (Å²) in [5.74, 6) is 1.91. The summed E-state index contributed by atoms with van der Waals surface area (Å²) < 4.78 is 0. The minimum Gasteiger partial charge on any atom is -0.354 e. The van der Waals surface area contributed by atoms with Crippen LogP contribution in [0.4, 0.5) is 5.82 Å². The monoisotopic (exact) mass is 294 g/mol. The van der Waals surface area contributed by atoms with Crippen LogP contribution in [-0.4, -0.2) is 35.0 Å².